The van der Waals surface area contributed by atoms with Crippen LogP contribution >= 0.6 is 23.2 Å². The van der Waals surface area contributed by atoms with Gasteiger partial charge in [0, 0.05) is 17.3 Å². The summed E-state index contributed by atoms with van der Waals surface area (Å²) >= 11 is 11.9. The lowest BCUT2D eigenvalue weighted by Gasteiger charge is -2.08. The maximum Gasteiger partial charge on any atom is 0.277 e. The number of anilines is 1. The predicted octanol–water partition coefficient (Wildman–Crippen LogP) is 3.78. The summed E-state index contributed by atoms with van der Waals surface area (Å²) in [5, 5.41) is 11.3. The van der Waals surface area contributed by atoms with Crippen LogP contribution in [-0.4, -0.2) is 20.8 Å². The second kappa shape index (κ2) is 6.94. The Hall–Kier alpha value is -2.51. The van der Waals surface area contributed by atoms with Crippen molar-refractivity contribution in [2.75, 3.05) is 5.32 Å². The molecule has 0 saturated heterocycles. The van der Waals surface area contributed by atoms with Gasteiger partial charge >= 0.3 is 0 Å². The van der Waals surface area contributed by atoms with Crippen molar-refractivity contribution >= 4 is 34.9 Å². The molecule has 2 heterocycles. The lowest BCUT2D eigenvalue weighted by Crippen LogP contribution is -2.14. The number of nitrogens with zero attached hydrogens (tertiary/aromatic N) is 3. The quantitative estimate of drug-likeness (QED) is 0.742. The Morgan fingerprint density at radius 2 is 2.17 bits per heavy atom. The lowest BCUT2D eigenvalue weighted by atomic mass is 10.3. The third kappa shape index (κ3) is 3.87. The van der Waals surface area contributed by atoms with Gasteiger partial charge in [0.25, 0.3) is 5.91 Å². The molecule has 0 aliphatic carbocycles. The molecule has 0 fully saturated rings. The van der Waals surface area contributed by atoms with Gasteiger partial charge in [-0.05, 0) is 31.2 Å². The van der Waals surface area contributed by atoms with E-state index in [0.29, 0.717) is 27.4 Å². The van der Waals surface area contributed by atoms with Crippen LogP contribution in [0.5, 0.6) is 5.75 Å². The third-order valence-corrected chi connectivity index (χ3v) is 3.52. The van der Waals surface area contributed by atoms with E-state index in [1.165, 1.54) is 4.68 Å². The van der Waals surface area contributed by atoms with Crippen molar-refractivity contribution in [2.24, 2.45) is 0 Å². The van der Waals surface area contributed by atoms with Crippen molar-refractivity contribution in [1.82, 2.24) is 14.9 Å². The molecular weight excluding hydrogens is 355 g/mol. The molecule has 0 unspecified atom stereocenters. The van der Waals surface area contributed by atoms with Crippen molar-refractivity contribution in [3.05, 3.63) is 58.0 Å². The van der Waals surface area contributed by atoms with Gasteiger partial charge in [-0.3, -0.25) is 4.79 Å². The van der Waals surface area contributed by atoms with E-state index in [0.717, 1.165) is 0 Å². The van der Waals surface area contributed by atoms with Crippen molar-refractivity contribution in [2.45, 2.75) is 13.7 Å². The molecule has 9 heteroatoms. The Bertz CT molecular complexity index is 875. The van der Waals surface area contributed by atoms with Crippen molar-refractivity contribution < 1.29 is 14.1 Å². The van der Waals surface area contributed by atoms with Gasteiger partial charge in [0.2, 0.25) is 0 Å². The van der Waals surface area contributed by atoms with E-state index in [4.69, 9.17) is 32.5 Å². The zero-order valence-corrected chi connectivity index (χ0v) is 14.0. The fraction of sp³-hybridized carbons (Fsp3) is 0.133. The number of aryl methyl sites for hydroxylation is 1. The number of rotatable bonds is 5. The van der Waals surface area contributed by atoms with Crippen molar-refractivity contribution in [1.29, 1.82) is 0 Å². The Morgan fingerprint density at radius 3 is 2.88 bits per heavy atom. The first-order valence-corrected chi connectivity index (χ1v) is 7.63. The summed E-state index contributed by atoms with van der Waals surface area (Å²) in [6.45, 7) is 1.83. The standard InChI is InChI=1S/C15H12Cl2N4O3/c1-9-6-14(20-24-9)18-15(22)12-4-5-21(19-12)8-23-13-3-2-10(16)7-11(13)17/h2-7H,8H2,1H3,(H,18,20,22). The second-order valence-corrected chi connectivity index (χ2v) is 5.71. The van der Waals surface area contributed by atoms with Gasteiger partial charge in [-0.1, -0.05) is 28.4 Å². The number of benzene rings is 1. The fourth-order valence-electron chi connectivity index (χ4n) is 1.89. The van der Waals surface area contributed by atoms with Crippen LogP contribution in [0.15, 0.2) is 41.1 Å². The van der Waals surface area contributed by atoms with E-state index >= 15 is 0 Å². The number of amides is 1. The third-order valence-electron chi connectivity index (χ3n) is 2.99. The van der Waals surface area contributed by atoms with Crippen LogP contribution in [0.1, 0.15) is 16.2 Å². The molecule has 124 valence electrons. The molecule has 24 heavy (non-hydrogen) atoms. The number of halogens is 2. The number of hydrogen-bond acceptors (Lipinski definition) is 5. The lowest BCUT2D eigenvalue weighted by molar-refractivity contribution is 0.101. The molecule has 0 radical (unpaired) electrons. The molecule has 3 rings (SSSR count). The predicted molar refractivity (Wildman–Crippen MR) is 88.5 cm³/mol. The van der Waals surface area contributed by atoms with E-state index < -0.39 is 5.91 Å². The molecule has 0 bridgehead atoms. The summed E-state index contributed by atoms with van der Waals surface area (Å²) in [6.07, 6.45) is 1.62. The van der Waals surface area contributed by atoms with Crippen LogP contribution in [0.3, 0.4) is 0 Å². The highest BCUT2D eigenvalue weighted by atomic mass is 35.5. The first-order valence-electron chi connectivity index (χ1n) is 6.87. The molecule has 7 nitrogen and oxygen atoms in total. The second-order valence-electron chi connectivity index (χ2n) is 4.87. The molecule has 1 amide bonds. The Balaban J connectivity index is 1.61. The summed E-state index contributed by atoms with van der Waals surface area (Å²) in [5.74, 6) is 1.01. The van der Waals surface area contributed by atoms with Crippen LogP contribution in [0.25, 0.3) is 0 Å². The molecule has 3 aromatic rings. The van der Waals surface area contributed by atoms with Crippen molar-refractivity contribution in [3.63, 3.8) is 0 Å². The Morgan fingerprint density at radius 1 is 1.33 bits per heavy atom. The summed E-state index contributed by atoms with van der Waals surface area (Å²) in [6, 6.07) is 8.09. The van der Waals surface area contributed by atoms with Crippen LogP contribution in [0.4, 0.5) is 5.82 Å². The fourth-order valence-corrected chi connectivity index (χ4v) is 2.35. The van der Waals surface area contributed by atoms with Gasteiger partial charge in [-0.25, -0.2) is 4.68 Å². The molecular formula is C15H12Cl2N4O3. The van der Waals surface area contributed by atoms with Crippen LogP contribution in [-0.2, 0) is 6.73 Å². The minimum Gasteiger partial charge on any atom is -0.470 e. The molecule has 0 atom stereocenters. The summed E-state index contributed by atoms with van der Waals surface area (Å²) < 4.78 is 11.9. The van der Waals surface area contributed by atoms with Gasteiger partial charge in [-0.2, -0.15) is 5.10 Å². The topological polar surface area (TPSA) is 82.2 Å². The van der Waals surface area contributed by atoms with Gasteiger partial charge < -0.3 is 14.6 Å². The minimum absolute atomic E-state index is 0.0949. The number of ether oxygens (including phenoxy) is 1. The summed E-state index contributed by atoms with van der Waals surface area (Å²) in [4.78, 5) is 12.1. The van der Waals surface area contributed by atoms with Gasteiger partial charge in [0.05, 0.1) is 5.02 Å². The van der Waals surface area contributed by atoms with Gasteiger partial charge in [0.1, 0.15) is 11.5 Å². The van der Waals surface area contributed by atoms with Crippen LogP contribution < -0.4 is 10.1 Å². The zero-order valence-electron chi connectivity index (χ0n) is 12.5. The Labute approximate surface area is 147 Å². The highest BCUT2D eigenvalue weighted by Crippen LogP contribution is 2.27. The number of hydrogen-bond donors (Lipinski definition) is 1. The molecule has 0 aliphatic rings. The molecule has 0 spiro atoms. The van der Waals surface area contributed by atoms with Gasteiger partial charge in [-0.15, -0.1) is 0 Å². The van der Waals surface area contributed by atoms with Crippen LogP contribution in [0, 0.1) is 6.92 Å². The molecule has 1 aromatic carbocycles. The zero-order chi connectivity index (χ0) is 17.1. The van der Waals surface area contributed by atoms with E-state index in [9.17, 15) is 4.79 Å². The highest BCUT2D eigenvalue weighted by Gasteiger charge is 2.12. The summed E-state index contributed by atoms with van der Waals surface area (Å²) in [7, 11) is 0. The van der Waals surface area contributed by atoms with E-state index in [2.05, 4.69) is 15.6 Å². The SMILES string of the molecule is Cc1cc(NC(=O)c2ccn(COc3ccc(Cl)cc3Cl)n2)no1. The number of aromatic nitrogens is 3. The average Bonchev–Trinajstić information content (AvgIpc) is 3.15. The van der Waals surface area contributed by atoms with Crippen molar-refractivity contribution in [3.8, 4) is 5.75 Å². The number of carbonyl (C=O) groups excluding carboxylic acids is 1. The first-order chi connectivity index (χ1) is 11.5. The van der Waals surface area contributed by atoms with Crippen LogP contribution in [0.2, 0.25) is 10.0 Å². The summed E-state index contributed by atoms with van der Waals surface area (Å²) in [5.41, 5.74) is 0.224. The van der Waals surface area contributed by atoms with E-state index in [1.54, 1.807) is 43.5 Å². The molecule has 0 saturated carbocycles. The molecule has 1 N–H and O–H groups in total. The minimum atomic E-state index is -0.397. The maximum atomic E-state index is 12.1. The smallest absolute Gasteiger partial charge is 0.277 e. The average molecular weight is 367 g/mol. The Kier molecular flexibility index (Phi) is 4.73. The van der Waals surface area contributed by atoms with E-state index in [-0.39, 0.29) is 12.4 Å². The largest absolute Gasteiger partial charge is 0.470 e. The molecule has 2 aromatic heterocycles. The first kappa shape index (κ1) is 16.4. The molecule has 0 aliphatic heterocycles. The highest BCUT2D eigenvalue weighted by molar-refractivity contribution is 6.35. The maximum absolute atomic E-state index is 12.1. The van der Waals surface area contributed by atoms with E-state index in [1.807, 2.05) is 0 Å². The number of nitrogens with one attached hydrogen (secondary N) is 1. The monoisotopic (exact) mass is 366 g/mol. The normalized spacial score (nSPS) is 10.6. The van der Waals surface area contributed by atoms with Gasteiger partial charge in [0.15, 0.2) is 18.2 Å². The number of carbonyl (C=O) groups is 1.